The Kier molecular flexibility index (Phi) is 12.5. The maximum atomic E-state index is 5.79. The number of nitrogens with zero attached hydrogens (tertiary/aromatic N) is 2. The highest BCUT2D eigenvalue weighted by Gasteiger charge is 2.14. The van der Waals surface area contributed by atoms with Crippen molar-refractivity contribution in [2.75, 3.05) is 33.8 Å². The largest absolute Gasteiger partial charge is 0.494 e. The molecular formula is C21H37IN4O. The highest BCUT2D eigenvalue weighted by atomic mass is 127. The van der Waals surface area contributed by atoms with Crippen LogP contribution < -0.4 is 15.4 Å². The lowest BCUT2D eigenvalue weighted by atomic mass is 9.96. The molecule has 1 aromatic carbocycles. The summed E-state index contributed by atoms with van der Waals surface area (Å²) in [5.74, 6) is 1.87. The van der Waals surface area contributed by atoms with Gasteiger partial charge in [0.15, 0.2) is 5.96 Å². The molecule has 1 aliphatic carbocycles. The van der Waals surface area contributed by atoms with Crippen LogP contribution in [0.3, 0.4) is 0 Å². The molecule has 1 aromatic rings. The smallest absolute Gasteiger partial charge is 0.191 e. The fourth-order valence-corrected chi connectivity index (χ4v) is 3.19. The molecule has 0 amide bonds. The van der Waals surface area contributed by atoms with E-state index in [1.165, 1.54) is 37.7 Å². The molecule has 27 heavy (non-hydrogen) atoms. The zero-order valence-corrected chi connectivity index (χ0v) is 19.5. The second-order valence-electron chi connectivity index (χ2n) is 7.32. The Morgan fingerprint density at radius 2 is 1.85 bits per heavy atom. The molecule has 0 saturated heterocycles. The van der Waals surface area contributed by atoms with Crippen molar-refractivity contribution >= 4 is 29.9 Å². The van der Waals surface area contributed by atoms with Crippen molar-refractivity contribution in [1.29, 1.82) is 0 Å². The quantitative estimate of drug-likeness (QED) is 0.239. The first kappa shape index (κ1) is 24.0. The summed E-state index contributed by atoms with van der Waals surface area (Å²) in [7, 11) is 4.17. The van der Waals surface area contributed by atoms with Crippen molar-refractivity contribution < 1.29 is 4.74 Å². The molecule has 0 unspecified atom stereocenters. The summed E-state index contributed by atoms with van der Waals surface area (Å²) >= 11 is 0. The van der Waals surface area contributed by atoms with Crippen LogP contribution in [-0.2, 0) is 6.54 Å². The summed E-state index contributed by atoms with van der Waals surface area (Å²) in [5, 5.41) is 6.96. The monoisotopic (exact) mass is 488 g/mol. The Balaban J connectivity index is 0.00000364. The van der Waals surface area contributed by atoms with Crippen LogP contribution in [-0.4, -0.2) is 50.7 Å². The number of benzene rings is 1. The van der Waals surface area contributed by atoms with E-state index in [4.69, 9.17) is 9.73 Å². The van der Waals surface area contributed by atoms with Crippen molar-refractivity contribution in [3.63, 3.8) is 0 Å². The molecule has 6 heteroatoms. The van der Waals surface area contributed by atoms with Crippen LogP contribution in [0, 0.1) is 0 Å². The number of guanidine groups is 1. The van der Waals surface area contributed by atoms with Gasteiger partial charge in [0.1, 0.15) is 5.75 Å². The number of hydrogen-bond acceptors (Lipinski definition) is 3. The van der Waals surface area contributed by atoms with Crippen LogP contribution in [0.1, 0.15) is 51.0 Å². The van der Waals surface area contributed by atoms with Crippen LogP contribution in [0.15, 0.2) is 29.3 Å². The summed E-state index contributed by atoms with van der Waals surface area (Å²) in [6, 6.07) is 8.87. The molecule has 0 atom stereocenters. The van der Waals surface area contributed by atoms with E-state index in [1.54, 1.807) is 0 Å². The summed E-state index contributed by atoms with van der Waals surface area (Å²) < 4.78 is 5.79. The van der Waals surface area contributed by atoms with Gasteiger partial charge in [-0.05, 0) is 58.0 Å². The number of hydrogen-bond donors (Lipinski definition) is 2. The molecule has 0 heterocycles. The first-order valence-corrected chi connectivity index (χ1v) is 10.1. The highest BCUT2D eigenvalue weighted by Crippen LogP contribution is 2.17. The molecule has 1 fully saturated rings. The third kappa shape index (κ3) is 10.2. The predicted molar refractivity (Wildman–Crippen MR) is 125 cm³/mol. The maximum absolute atomic E-state index is 5.79. The SMILES string of the molecule is CCNC(=NCc1ccc(OCCCN(C)C)cc1)NC1CCCCC1.I. The molecular weight excluding hydrogens is 451 g/mol. The summed E-state index contributed by atoms with van der Waals surface area (Å²) in [4.78, 5) is 6.92. The highest BCUT2D eigenvalue weighted by molar-refractivity contribution is 14.0. The van der Waals surface area contributed by atoms with E-state index in [-0.39, 0.29) is 24.0 Å². The van der Waals surface area contributed by atoms with Crippen molar-refractivity contribution in [3.8, 4) is 5.75 Å². The molecule has 1 aliphatic rings. The number of halogens is 1. The molecule has 0 radical (unpaired) electrons. The van der Waals surface area contributed by atoms with Crippen molar-refractivity contribution in [2.24, 2.45) is 4.99 Å². The fraction of sp³-hybridized carbons (Fsp3) is 0.667. The van der Waals surface area contributed by atoms with Gasteiger partial charge in [-0.3, -0.25) is 0 Å². The second kappa shape index (κ2) is 14.0. The van der Waals surface area contributed by atoms with Crippen molar-refractivity contribution in [3.05, 3.63) is 29.8 Å². The van der Waals surface area contributed by atoms with Crippen LogP contribution in [0.4, 0.5) is 0 Å². The summed E-state index contributed by atoms with van der Waals surface area (Å²) in [6.07, 6.45) is 7.57. The first-order valence-electron chi connectivity index (χ1n) is 10.1. The molecule has 1 saturated carbocycles. The van der Waals surface area contributed by atoms with Gasteiger partial charge >= 0.3 is 0 Å². The van der Waals surface area contributed by atoms with Gasteiger partial charge in [-0.2, -0.15) is 0 Å². The molecule has 0 bridgehead atoms. The Bertz CT molecular complexity index is 527. The average Bonchev–Trinajstić information content (AvgIpc) is 2.65. The zero-order valence-electron chi connectivity index (χ0n) is 17.2. The minimum atomic E-state index is 0. The van der Waals surface area contributed by atoms with Gasteiger partial charge in [-0.25, -0.2) is 4.99 Å². The predicted octanol–water partition coefficient (Wildman–Crippen LogP) is 4.02. The van der Waals surface area contributed by atoms with Gasteiger partial charge in [0, 0.05) is 19.1 Å². The number of nitrogens with one attached hydrogen (secondary N) is 2. The lowest BCUT2D eigenvalue weighted by Gasteiger charge is -2.24. The lowest BCUT2D eigenvalue weighted by molar-refractivity contribution is 0.281. The third-order valence-corrected chi connectivity index (χ3v) is 4.65. The molecule has 2 rings (SSSR count). The molecule has 2 N–H and O–H groups in total. The van der Waals surface area contributed by atoms with Crippen molar-refractivity contribution in [1.82, 2.24) is 15.5 Å². The molecule has 0 aromatic heterocycles. The molecule has 5 nitrogen and oxygen atoms in total. The number of ether oxygens (including phenoxy) is 1. The topological polar surface area (TPSA) is 48.9 Å². The average molecular weight is 488 g/mol. The summed E-state index contributed by atoms with van der Waals surface area (Å²) in [6.45, 7) is 5.49. The number of rotatable bonds is 9. The van der Waals surface area contributed by atoms with Gasteiger partial charge in [-0.15, -0.1) is 24.0 Å². The number of aliphatic imine (C=N–C) groups is 1. The van der Waals surface area contributed by atoms with Crippen LogP contribution >= 0.6 is 24.0 Å². The minimum Gasteiger partial charge on any atom is -0.494 e. The Labute approximate surface area is 182 Å². The van der Waals surface area contributed by atoms with Gasteiger partial charge in [0.25, 0.3) is 0 Å². The van der Waals surface area contributed by atoms with Crippen LogP contribution in [0.5, 0.6) is 5.75 Å². The standard InChI is InChI=1S/C21H36N4O.HI/c1-4-22-21(24-19-9-6-5-7-10-19)23-17-18-11-13-20(14-12-18)26-16-8-15-25(2)3;/h11-14,19H,4-10,15-17H2,1-3H3,(H2,22,23,24);1H. The Hall–Kier alpha value is -1.02. The van der Waals surface area contributed by atoms with E-state index < -0.39 is 0 Å². The summed E-state index contributed by atoms with van der Waals surface area (Å²) in [5.41, 5.74) is 1.20. The Morgan fingerprint density at radius 3 is 2.48 bits per heavy atom. The van der Waals surface area contributed by atoms with Gasteiger partial charge in [0.05, 0.1) is 13.2 Å². The van der Waals surface area contributed by atoms with Gasteiger partial charge in [0.2, 0.25) is 0 Å². The minimum absolute atomic E-state index is 0. The maximum Gasteiger partial charge on any atom is 0.191 e. The second-order valence-corrected chi connectivity index (χ2v) is 7.32. The molecule has 0 spiro atoms. The first-order chi connectivity index (χ1) is 12.7. The van der Waals surface area contributed by atoms with E-state index in [0.29, 0.717) is 12.6 Å². The fourth-order valence-electron chi connectivity index (χ4n) is 3.19. The van der Waals surface area contributed by atoms with E-state index in [1.807, 2.05) is 12.1 Å². The van der Waals surface area contributed by atoms with Crippen LogP contribution in [0.25, 0.3) is 0 Å². The molecule has 0 aliphatic heterocycles. The van der Waals surface area contributed by atoms with E-state index in [2.05, 4.69) is 48.7 Å². The van der Waals surface area contributed by atoms with Gasteiger partial charge < -0.3 is 20.3 Å². The van der Waals surface area contributed by atoms with E-state index in [0.717, 1.165) is 37.8 Å². The lowest BCUT2D eigenvalue weighted by Crippen LogP contribution is -2.44. The molecule has 154 valence electrons. The van der Waals surface area contributed by atoms with Crippen molar-refractivity contribution in [2.45, 2.75) is 58.0 Å². The van der Waals surface area contributed by atoms with Crippen LogP contribution in [0.2, 0.25) is 0 Å². The zero-order chi connectivity index (χ0) is 18.6. The third-order valence-electron chi connectivity index (χ3n) is 4.65. The Morgan fingerprint density at radius 1 is 1.15 bits per heavy atom. The normalized spacial score (nSPS) is 15.3. The van der Waals surface area contributed by atoms with E-state index in [9.17, 15) is 0 Å². The van der Waals surface area contributed by atoms with Gasteiger partial charge in [-0.1, -0.05) is 31.4 Å². The van der Waals surface area contributed by atoms with E-state index >= 15 is 0 Å².